The highest BCUT2D eigenvalue weighted by molar-refractivity contribution is 5.85. The topological polar surface area (TPSA) is 24.1 Å². The van der Waals surface area contributed by atoms with E-state index in [2.05, 4.69) is 34.9 Å². The van der Waals surface area contributed by atoms with E-state index >= 15 is 0 Å². The third-order valence-electron chi connectivity index (χ3n) is 2.33. The molecule has 2 nitrogen and oxygen atoms in total. The van der Waals surface area contributed by atoms with E-state index in [1.54, 1.807) is 0 Å². The second-order valence-corrected chi connectivity index (χ2v) is 3.59. The van der Waals surface area contributed by atoms with Crippen LogP contribution in [-0.2, 0) is 0 Å². The number of anilines is 2. The van der Waals surface area contributed by atoms with Crippen molar-refractivity contribution >= 4 is 36.2 Å². The van der Waals surface area contributed by atoms with Crippen molar-refractivity contribution in [3.8, 4) is 0 Å². The molecule has 2 N–H and O–H groups in total. The summed E-state index contributed by atoms with van der Waals surface area (Å²) in [4.78, 5) is 0. The second kappa shape index (κ2) is 9.63. The summed E-state index contributed by atoms with van der Waals surface area (Å²) in [6.45, 7) is 1.83. The molecule has 2 rings (SSSR count). The van der Waals surface area contributed by atoms with Crippen molar-refractivity contribution in [2.45, 2.75) is 0 Å². The number of benzene rings is 2. The maximum atomic E-state index is 3.35. The zero-order valence-corrected chi connectivity index (χ0v) is 11.6. The predicted octanol–water partition coefficient (Wildman–Crippen LogP) is 4.05. The molecule has 0 saturated carbocycles. The van der Waals surface area contributed by atoms with Crippen LogP contribution in [0.5, 0.6) is 0 Å². The van der Waals surface area contributed by atoms with E-state index in [-0.39, 0.29) is 24.8 Å². The molecule has 0 spiro atoms. The van der Waals surface area contributed by atoms with Gasteiger partial charge in [-0.1, -0.05) is 36.4 Å². The molecule has 0 radical (unpaired) electrons. The smallest absolute Gasteiger partial charge is 0.0340 e. The van der Waals surface area contributed by atoms with Crippen LogP contribution >= 0.6 is 24.8 Å². The molecule has 0 aliphatic carbocycles. The van der Waals surface area contributed by atoms with Crippen LogP contribution in [-0.4, -0.2) is 13.1 Å². The van der Waals surface area contributed by atoms with E-state index in [1.807, 2.05) is 36.4 Å². The lowest BCUT2D eigenvalue weighted by Gasteiger charge is -2.08. The summed E-state index contributed by atoms with van der Waals surface area (Å²) in [7, 11) is 0. The van der Waals surface area contributed by atoms with Gasteiger partial charge in [0, 0.05) is 24.5 Å². The SMILES string of the molecule is Cl.Cl.c1ccc(NCCNc2ccccc2)cc1. The average Bonchev–Trinajstić information content (AvgIpc) is 2.37. The highest BCUT2D eigenvalue weighted by Gasteiger charge is 1.90. The lowest BCUT2D eigenvalue weighted by Crippen LogP contribution is -2.13. The molecule has 18 heavy (non-hydrogen) atoms. The summed E-state index contributed by atoms with van der Waals surface area (Å²) in [6.07, 6.45) is 0. The van der Waals surface area contributed by atoms with E-state index in [9.17, 15) is 0 Å². The van der Waals surface area contributed by atoms with Crippen molar-refractivity contribution in [2.24, 2.45) is 0 Å². The van der Waals surface area contributed by atoms with E-state index < -0.39 is 0 Å². The van der Waals surface area contributed by atoms with Gasteiger partial charge in [0.05, 0.1) is 0 Å². The van der Waals surface area contributed by atoms with Gasteiger partial charge in [-0.3, -0.25) is 0 Å². The molecular weight excluding hydrogens is 267 g/mol. The Balaban J connectivity index is 0.00000144. The Kier molecular flexibility index (Phi) is 8.89. The summed E-state index contributed by atoms with van der Waals surface area (Å²) in [5.41, 5.74) is 2.33. The minimum Gasteiger partial charge on any atom is -0.383 e. The van der Waals surface area contributed by atoms with Crippen molar-refractivity contribution in [2.75, 3.05) is 23.7 Å². The van der Waals surface area contributed by atoms with Gasteiger partial charge in [-0.15, -0.1) is 24.8 Å². The van der Waals surface area contributed by atoms with E-state index in [1.165, 1.54) is 0 Å². The number of nitrogens with one attached hydrogen (secondary N) is 2. The maximum Gasteiger partial charge on any atom is 0.0340 e. The van der Waals surface area contributed by atoms with Crippen LogP contribution in [0.1, 0.15) is 0 Å². The molecule has 0 fully saturated rings. The Morgan fingerprint density at radius 2 is 0.889 bits per heavy atom. The van der Waals surface area contributed by atoms with Gasteiger partial charge < -0.3 is 10.6 Å². The lowest BCUT2D eigenvalue weighted by molar-refractivity contribution is 1.08. The summed E-state index contributed by atoms with van der Waals surface area (Å²) >= 11 is 0. The van der Waals surface area contributed by atoms with Gasteiger partial charge in [-0.2, -0.15) is 0 Å². The van der Waals surface area contributed by atoms with Gasteiger partial charge in [-0.25, -0.2) is 0 Å². The Morgan fingerprint density at radius 3 is 1.22 bits per heavy atom. The summed E-state index contributed by atoms with van der Waals surface area (Å²) < 4.78 is 0. The standard InChI is InChI=1S/C14H16N2.2ClH/c1-3-7-13(8-4-1)15-11-12-16-14-9-5-2-6-10-14;;/h1-10,15-16H,11-12H2;2*1H. The monoisotopic (exact) mass is 284 g/mol. The van der Waals surface area contributed by atoms with Crippen molar-refractivity contribution in [3.63, 3.8) is 0 Å². The first-order valence-electron chi connectivity index (χ1n) is 5.53. The highest BCUT2D eigenvalue weighted by Crippen LogP contribution is 2.05. The van der Waals surface area contributed by atoms with Crippen LogP contribution in [0.25, 0.3) is 0 Å². The highest BCUT2D eigenvalue weighted by atomic mass is 35.5. The molecule has 0 unspecified atom stereocenters. The van der Waals surface area contributed by atoms with Crippen molar-refractivity contribution in [1.29, 1.82) is 0 Å². The number of hydrogen-bond donors (Lipinski definition) is 2. The third kappa shape index (κ3) is 5.80. The molecule has 0 heterocycles. The minimum atomic E-state index is 0. The number of para-hydroxylation sites is 2. The molecule has 0 saturated heterocycles. The zero-order valence-electron chi connectivity index (χ0n) is 10.0. The van der Waals surface area contributed by atoms with E-state index in [0.29, 0.717) is 0 Å². The van der Waals surface area contributed by atoms with E-state index in [4.69, 9.17) is 0 Å². The Bertz CT molecular complexity index is 365. The van der Waals surface area contributed by atoms with Crippen LogP contribution in [0.2, 0.25) is 0 Å². The quantitative estimate of drug-likeness (QED) is 0.810. The number of rotatable bonds is 5. The predicted molar refractivity (Wildman–Crippen MR) is 84.4 cm³/mol. The van der Waals surface area contributed by atoms with Gasteiger partial charge in [0.2, 0.25) is 0 Å². The fraction of sp³-hybridized carbons (Fsp3) is 0.143. The molecule has 2 aromatic rings. The fourth-order valence-electron chi connectivity index (χ4n) is 1.53. The Hall–Kier alpha value is -1.38. The molecular formula is C14H18Cl2N2. The molecule has 2 aromatic carbocycles. The normalized spacial score (nSPS) is 8.67. The fourth-order valence-corrected chi connectivity index (χ4v) is 1.53. The van der Waals surface area contributed by atoms with Crippen molar-refractivity contribution in [3.05, 3.63) is 60.7 Å². The van der Waals surface area contributed by atoms with E-state index in [0.717, 1.165) is 24.5 Å². The molecule has 0 aromatic heterocycles. The maximum absolute atomic E-state index is 3.35. The van der Waals surface area contributed by atoms with Crippen LogP contribution in [0, 0.1) is 0 Å². The number of hydrogen-bond acceptors (Lipinski definition) is 2. The molecule has 4 heteroatoms. The summed E-state index contributed by atoms with van der Waals surface area (Å²) in [5, 5.41) is 6.70. The summed E-state index contributed by atoms with van der Waals surface area (Å²) in [5.74, 6) is 0. The van der Waals surface area contributed by atoms with Crippen LogP contribution in [0.15, 0.2) is 60.7 Å². The molecule has 0 atom stereocenters. The molecule has 98 valence electrons. The minimum absolute atomic E-state index is 0. The Labute approximate surface area is 121 Å². The summed E-state index contributed by atoms with van der Waals surface area (Å²) in [6, 6.07) is 20.5. The average molecular weight is 285 g/mol. The lowest BCUT2D eigenvalue weighted by atomic mass is 10.3. The third-order valence-corrected chi connectivity index (χ3v) is 2.33. The van der Waals surface area contributed by atoms with Gasteiger partial charge >= 0.3 is 0 Å². The van der Waals surface area contributed by atoms with Crippen LogP contribution in [0.3, 0.4) is 0 Å². The molecule has 0 amide bonds. The first kappa shape index (κ1) is 16.6. The van der Waals surface area contributed by atoms with Crippen LogP contribution < -0.4 is 10.6 Å². The molecule has 0 aliphatic heterocycles. The van der Waals surface area contributed by atoms with Gasteiger partial charge in [0.25, 0.3) is 0 Å². The van der Waals surface area contributed by atoms with Gasteiger partial charge in [0.15, 0.2) is 0 Å². The van der Waals surface area contributed by atoms with Gasteiger partial charge in [0.1, 0.15) is 0 Å². The number of halogens is 2. The van der Waals surface area contributed by atoms with Crippen molar-refractivity contribution in [1.82, 2.24) is 0 Å². The van der Waals surface area contributed by atoms with Crippen LogP contribution in [0.4, 0.5) is 11.4 Å². The first-order valence-corrected chi connectivity index (χ1v) is 5.53. The molecule has 0 bridgehead atoms. The van der Waals surface area contributed by atoms with Gasteiger partial charge in [-0.05, 0) is 24.3 Å². The molecule has 0 aliphatic rings. The first-order chi connectivity index (χ1) is 7.95. The van der Waals surface area contributed by atoms with Crippen molar-refractivity contribution < 1.29 is 0 Å². The zero-order chi connectivity index (χ0) is 11.1. The largest absolute Gasteiger partial charge is 0.383 e. The Morgan fingerprint density at radius 1 is 0.556 bits per heavy atom. The second-order valence-electron chi connectivity index (χ2n) is 3.59.